The Kier molecular flexibility index (Phi) is 6.16. The average Bonchev–Trinajstić information content (AvgIpc) is 2.83. The SMILES string of the molecule is CNC(=O)[C@@H]1CN(CC(=O)N2CCN(c3ccc(OC)cc3)CC2)c2ccccc2O1. The van der Waals surface area contributed by atoms with Crippen molar-refractivity contribution in [2.24, 2.45) is 0 Å². The summed E-state index contributed by atoms with van der Waals surface area (Å²) in [6.45, 7) is 3.44. The van der Waals surface area contributed by atoms with Crippen molar-refractivity contribution in [3.05, 3.63) is 48.5 Å². The fraction of sp³-hybridized carbons (Fsp3) is 0.391. The zero-order valence-corrected chi connectivity index (χ0v) is 17.9. The van der Waals surface area contributed by atoms with Crippen molar-refractivity contribution in [2.75, 3.05) is 63.2 Å². The molecule has 0 saturated carbocycles. The van der Waals surface area contributed by atoms with E-state index in [0.717, 1.165) is 30.2 Å². The lowest BCUT2D eigenvalue weighted by Crippen LogP contribution is -2.54. The Hall–Kier alpha value is -3.42. The van der Waals surface area contributed by atoms with Crippen LogP contribution < -0.4 is 24.6 Å². The molecule has 2 aliphatic rings. The summed E-state index contributed by atoms with van der Waals surface area (Å²) in [5.41, 5.74) is 1.97. The van der Waals surface area contributed by atoms with Crippen molar-refractivity contribution in [1.29, 1.82) is 0 Å². The number of benzene rings is 2. The predicted octanol–water partition coefficient (Wildman–Crippen LogP) is 1.36. The number of piperazine rings is 1. The summed E-state index contributed by atoms with van der Waals surface area (Å²) in [4.78, 5) is 31.3. The zero-order valence-electron chi connectivity index (χ0n) is 17.9. The van der Waals surface area contributed by atoms with E-state index in [1.54, 1.807) is 14.2 Å². The van der Waals surface area contributed by atoms with E-state index in [-0.39, 0.29) is 18.4 Å². The number of ether oxygens (including phenoxy) is 2. The van der Waals surface area contributed by atoms with E-state index in [0.29, 0.717) is 25.4 Å². The van der Waals surface area contributed by atoms with Crippen molar-refractivity contribution in [3.63, 3.8) is 0 Å². The van der Waals surface area contributed by atoms with E-state index in [9.17, 15) is 9.59 Å². The number of nitrogens with zero attached hydrogens (tertiary/aromatic N) is 3. The highest BCUT2D eigenvalue weighted by molar-refractivity contribution is 5.86. The van der Waals surface area contributed by atoms with Crippen molar-refractivity contribution >= 4 is 23.2 Å². The van der Waals surface area contributed by atoms with Crippen LogP contribution in [0.25, 0.3) is 0 Å². The molecule has 1 N–H and O–H groups in total. The number of hydrogen-bond acceptors (Lipinski definition) is 6. The van der Waals surface area contributed by atoms with Gasteiger partial charge in [0.1, 0.15) is 11.5 Å². The van der Waals surface area contributed by atoms with Gasteiger partial charge in [-0.25, -0.2) is 0 Å². The summed E-state index contributed by atoms with van der Waals surface area (Å²) in [6, 6.07) is 15.5. The Morgan fingerprint density at radius 1 is 1.06 bits per heavy atom. The minimum atomic E-state index is -0.639. The van der Waals surface area contributed by atoms with Gasteiger partial charge in [0.05, 0.1) is 25.9 Å². The second-order valence-electron chi connectivity index (χ2n) is 7.63. The zero-order chi connectivity index (χ0) is 21.8. The molecule has 2 aromatic rings. The van der Waals surface area contributed by atoms with E-state index in [1.165, 1.54) is 0 Å². The third-order valence-electron chi connectivity index (χ3n) is 5.80. The molecule has 0 radical (unpaired) electrons. The summed E-state index contributed by atoms with van der Waals surface area (Å²) in [5, 5.41) is 2.63. The van der Waals surface area contributed by atoms with Gasteiger partial charge in [-0.15, -0.1) is 0 Å². The molecule has 8 heteroatoms. The van der Waals surface area contributed by atoms with Gasteiger partial charge in [-0.3, -0.25) is 9.59 Å². The van der Waals surface area contributed by atoms with Gasteiger partial charge >= 0.3 is 0 Å². The Morgan fingerprint density at radius 2 is 1.77 bits per heavy atom. The van der Waals surface area contributed by atoms with E-state index in [1.807, 2.05) is 58.3 Å². The van der Waals surface area contributed by atoms with Crippen molar-refractivity contribution < 1.29 is 19.1 Å². The first-order chi connectivity index (χ1) is 15.1. The van der Waals surface area contributed by atoms with Crippen molar-refractivity contribution in [3.8, 4) is 11.5 Å². The lowest BCUT2D eigenvalue weighted by Gasteiger charge is -2.39. The molecule has 8 nitrogen and oxygen atoms in total. The van der Waals surface area contributed by atoms with Gasteiger partial charge in [0.25, 0.3) is 5.91 Å². The Balaban J connectivity index is 1.38. The number of methoxy groups -OCH3 is 1. The van der Waals surface area contributed by atoms with Crippen molar-refractivity contribution in [1.82, 2.24) is 10.2 Å². The molecule has 31 heavy (non-hydrogen) atoms. The highest BCUT2D eigenvalue weighted by atomic mass is 16.5. The van der Waals surface area contributed by atoms with Crippen LogP contribution in [0.5, 0.6) is 11.5 Å². The molecular formula is C23H28N4O4. The number of carbonyl (C=O) groups excluding carboxylic acids is 2. The number of amides is 2. The van der Waals surface area contributed by atoms with E-state index < -0.39 is 6.10 Å². The topological polar surface area (TPSA) is 74.4 Å². The number of anilines is 2. The summed E-state index contributed by atoms with van der Waals surface area (Å²) < 4.78 is 11.0. The molecule has 1 saturated heterocycles. The Bertz CT molecular complexity index is 925. The van der Waals surface area contributed by atoms with Crippen LogP contribution in [-0.4, -0.2) is 76.2 Å². The maximum Gasteiger partial charge on any atom is 0.262 e. The van der Waals surface area contributed by atoms with Gasteiger partial charge in [-0.2, -0.15) is 0 Å². The van der Waals surface area contributed by atoms with Crippen LogP contribution in [0.15, 0.2) is 48.5 Å². The molecule has 1 fully saturated rings. The Labute approximate surface area is 182 Å². The third kappa shape index (κ3) is 4.52. The van der Waals surface area contributed by atoms with Crippen LogP contribution in [0.3, 0.4) is 0 Å². The maximum absolute atomic E-state index is 13.1. The van der Waals surface area contributed by atoms with Gasteiger partial charge < -0.3 is 29.5 Å². The number of nitrogens with one attached hydrogen (secondary N) is 1. The maximum atomic E-state index is 13.1. The Morgan fingerprint density at radius 3 is 2.45 bits per heavy atom. The number of para-hydroxylation sites is 2. The number of carbonyl (C=O) groups is 2. The van der Waals surface area contributed by atoms with Crippen LogP contribution in [-0.2, 0) is 9.59 Å². The molecule has 2 aromatic carbocycles. The van der Waals surface area contributed by atoms with Crippen LogP contribution in [0.4, 0.5) is 11.4 Å². The monoisotopic (exact) mass is 424 g/mol. The van der Waals surface area contributed by atoms with Crippen LogP contribution in [0.2, 0.25) is 0 Å². The average molecular weight is 425 g/mol. The summed E-state index contributed by atoms with van der Waals surface area (Å²) in [7, 11) is 3.24. The minimum absolute atomic E-state index is 0.0572. The first kappa shape index (κ1) is 20.8. The predicted molar refractivity (Wildman–Crippen MR) is 119 cm³/mol. The largest absolute Gasteiger partial charge is 0.497 e. The standard InChI is InChI=1S/C23H28N4O4/c1-24-23(29)21-15-27(19-5-3-4-6-20(19)31-21)16-22(28)26-13-11-25(12-14-26)17-7-9-18(30-2)10-8-17/h3-10,21H,11-16H2,1-2H3,(H,24,29)/t21-/m0/s1. The smallest absolute Gasteiger partial charge is 0.262 e. The van der Waals surface area contributed by atoms with Crippen LogP contribution >= 0.6 is 0 Å². The van der Waals surface area contributed by atoms with Gasteiger partial charge in [0.15, 0.2) is 6.10 Å². The molecule has 0 bridgehead atoms. The van der Waals surface area contributed by atoms with Crippen molar-refractivity contribution in [2.45, 2.75) is 6.10 Å². The number of hydrogen-bond donors (Lipinski definition) is 1. The lowest BCUT2D eigenvalue weighted by molar-refractivity contribution is -0.131. The number of likely N-dealkylation sites (N-methyl/N-ethyl adjacent to an activating group) is 1. The highest BCUT2D eigenvalue weighted by Crippen LogP contribution is 2.33. The first-order valence-corrected chi connectivity index (χ1v) is 10.5. The fourth-order valence-electron chi connectivity index (χ4n) is 4.02. The van der Waals surface area contributed by atoms with E-state index in [4.69, 9.17) is 9.47 Å². The van der Waals surface area contributed by atoms with E-state index in [2.05, 4.69) is 10.2 Å². The van der Waals surface area contributed by atoms with Gasteiger partial charge in [0.2, 0.25) is 5.91 Å². The number of rotatable bonds is 5. The molecule has 0 spiro atoms. The van der Waals surface area contributed by atoms with Gasteiger partial charge in [0, 0.05) is 38.9 Å². The molecule has 1 atom stereocenters. The lowest BCUT2D eigenvalue weighted by atomic mass is 10.1. The summed E-state index contributed by atoms with van der Waals surface area (Å²) in [5.74, 6) is 1.32. The van der Waals surface area contributed by atoms with Gasteiger partial charge in [-0.05, 0) is 36.4 Å². The third-order valence-corrected chi connectivity index (χ3v) is 5.80. The van der Waals surface area contributed by atoms with Crippen LogP contribution in [0, 0.1) is 0 Å². The quantitative estimate of drug-likeness (QED) is 0.781. The highest BCUT2D eigenvalue weighted by Gasteiger charge is 2.32. The molecule has 2 aliphatic heterocycles. The second kappa shape index (κ2) is 9.16. The summed E-state index contributed by atoms with van der Waals surface area (Å²) >= 11 is 0. The van der Waals surface area contributed by atoms with E-state index >= 15 is 0 Å². The molecule has 0 unspecified atom stereocenters. The molecule has 0 aliphatic carbocycles. The molecule has 0 aromatic heterocycles. The summed E-state index contributed by atoms with van der Waals surface area (Å²) in [6.07, 6.45) is -0.639. The second-order valence-corrected chi connectivity index (χ2v) is 7.63. The molecule has 164 valence electrons. The normalized spacial score (nSPS) is 18.1. The molecule has 2 heterocycles. The van der Waals surface area contributed by atoms with Crippen LogP contribution in [0.1, 0.15) is 0 Å². The molecular weight excluding hydrogens is 396 g/mol. The number of fused-ring (bicyclic) bond motifs is 1. The first-order valence-electron chi connectivity index (χ1n) is 10.5. The fourth-order valence-corrected chi connectivity index (χ4v) is 4.02. The molecule has 4 rings (SSSR count). The molecule has 2 amide bonds. The minimum Gasteiger partial charge on any atom is -0.497 e. The van der Waals surface area contributed by atoms with Gasteiger partial charge in [-0.1, -0.05) is 12.1 Å².